The molecule has 3 aliphatic heterocycles. The van der Waals surface area contributed by atoms with Crippen molar-refractivity contribution in [2.75, 3.05) is 19.7 Å². The minimum atomic E-state index is -0.687. The molecule has 200 valence electrons. The molecule has 2 aromatic rings. The first-order chi connectivity index (χ1) is 17.9. The number of thioether (sulfide) groups is 1. The number of carbonyl (C=O) groups is 3. The van der Waals surface area contributed by atoms with E-state index in [0.29, 0.717) is 32.4 Å². The van der Waals surface area contributed by atoms with Gasteiger partial charge in [0, 0.05) is 29.8 Å². The van der Waals surface area contributed by atoms with E-state index in [-0.39, 0.29) is 41.1 Å². The fourth-order valence-electron chi connectivity index (χ4n) is 6.19. The highest BCUT2D eigenvalue weighted by Gasteiger charge is 2.75. The monoisotopic (exact) mass is 592 g/mol. The summed E-state index contributed by atoms with van der Waals surface area (Å²) >= 11 is 5.41. The Morgan fingerprint density at radius 3 is 2.81 bits per heavy atom. The Hall–Kier alpha value is -2.18. The molecule has 5 rings (SSSR count). The lowest BCUT2D eigenvalue weighted by Crippen LogP contribution is -2.55. The summed E-state index contributed by atoms with van der Waals surface area (Å²) in [7, 11) is 0. The van der Waals surface area contributed by atoms with E-state index in [4.69, 9.17) is 0 Å². The first-order valence-electron chi connectivity index (χ1n) is 13.0. The van der Waals surface area contributed by atoms with Crippen LogP contribution in [0.5, 0.6) is 0 Å². The Labute approximate surface area is 228 Å². The number of amides is 3. The standard InChI is InChI=1S/C25H33BrN6O4S/c1-2-10-27-22(34)18-19-24(36)31(11-6-3-7-12-33)21(25(19)13-15(26)20(18)37-25)23(35)28-14-32-17-9-5-4-8-16(17)29-30-32/h4-5,8-9,15,18-21,33H,2-3,6-7,10-14H2,1H3,(H,27,34)(H,28,35)/t15?,18-,19-,20-,21?,25?/m0/s1. The Balaban J connectivity index is 1.42. The summed E-state index contributed by atoms with van der Waals surface area (Å²) in [5.74, 6) is -1.45. The van der Waals surface area contributed by atoms with Crippen LogP contribution in [0.3, 0.4) is 0 Å². The lowest BCUT2D eigenvalue weighted by atomic mass is 9.70. The molecule has 1 aromatic carbocycles. The van der Waals surface area contributed by atoms with E-state index < -0.39 is 22.6 Å². The average molecular weight is 594 g/mol. The third-order valence-corrected chi connectivity index (χ3v) is 11.0. The number of fused-ring (bicyclic) bond motifs is 2. The van der Waals surface area contributed by atoms with Crippen LogP contribution in [0.2, 0.25) is 0 Å². The Bertz CT molecular complexity index is 1180. The summed E-state index contributed by atoms with van der Waals surface area (Å²) in [5.41, 5.74) is 1.55. The molecule has 4 heterocycles. The van der Waals surface area contributed by atoms with Gasteiger partial charge in [-0.3, -0.25) is 14.4 Å². The van der Waals surface area contributed by atoms with Gasteiger partial charge < -0.3 is 20.6 Å². The molecule has 37 heavy (non-hydrogen) atoms. The Kier molecular flexibility index (Phi) is 7.78. The molecule has 1 spiro atoms. The minimum Gasteiger partial charge on any atom is -0.396 e. The molecule has 3 aliphatic rings. The van der Waals surface area contributed by atoms with Crippen molar-refractivity contribution >= 4 is 56.4 Å². The highest BCUT2D eigenvalue weighted by molar-refractivity contribution is 9.09. The number of rotatable bonds is 11. The van der Waals surface area contributed by atoms with Gasteiger partial charge in [0.1, 0.15) is 18.2 Å². The number of aliphatic hydroxyl groups excluding tert-OH is 1. The zero-order valence-electron chi connectivity index (χ0n) is 20.8. The number of alkyl halides is 1. The molecule has 3 N–H and O–H groups in total. The van der Waals surface area contributed by atoms with Gasteiger partial charge in [-0.05, 0) is 44.2 Å². The van der Waals surface area contributed by atoms with E-state index >= 15 is 0 Å². The fraction of sp³-hybridized carbons (Fsp3) is 0.640. The van der Waals surface area contributed by atoms with Gasteiger partial charge in [-0.15, -0.1) is 16.9 Å². The third kappa shape index (κ3) is 4.54. The van der Waals surface area contributed by atoms with Crippen LogP contribution in [-0.2, 0) is 21.1 Å². The molecule has 3 saturated heterocycles. The molecule has 1 aromatic heterocycles. The number of aromatic nitrogens is 3. The van der Waals surface area contributed by atoms with Gasteiger partial charge in [-0.25, -0.2) is 4.68 Å². The normalized spacial score (nSPS) is 30.2. The first kappa shape index (κ1) is 26.4. The summed E-state index contributed by atoms with van der Waals surface area (Å²) in [6.45, 7) is 3.21. The van der Waals surface area contributed by atoms with Crippen molar-refractivity contribution in [3.05, 3.63) is 24.3 Å². The second-order valence-electron chi connectivity index (χ2n) is 10.0. The highest BCUT2D eigenvalue weighted by atomic mass is 79.9. The number of aliphatic hydroxyl groups is 1. The number of likely N-dealkylation sites (tertiary alicyclic amines) is 1. The van der Waals surface area contributed by atoms with Crippen LogP contribution in [0.25, 0.3) is 11.0 Å². The van der Waals surface area contributed by atoms with E-state index in [9.17, 15) is 19.5 Å². The molecule has 3 unspecified atom stereocenters. The average Bonchev–Trinajstić information content (AvgIpc) is 3.61. The van der Waals surface area contributed by atoms with Crippen molar-refractivity contribution in [2.24, 2.45) is 11.8 Å². The Morgan fingerprint density at radius 1 is 1.22 bits per heavy atom. The van der Waals surface area contributed by atoms with Gasteiger partial charge in [0.25, 0.3) is 0 Å². The number of hydrogen-bond donors (Lipinski definition) is 3. The predicted molar refractivity (Wildman–Crippen MR) is 144 cm³/mol. The van der Waals surface area contributed by atoms with Gasteiger partial charge in [0.05, 0.1) is 22.1 Å². The quantitative estimate of drug-likeness (QED) is 0.267. The Morgan fingerprint density at radius 2 is 2.03 bits per heavy atom. The number of benzene rings is 1. The molecular weight excluding hydrogens is 560 g/mol. The lowest BCUT2D eigenvalue weighted by Gasteiger charge is -2.35. The van der Waals surface area contributed by atoms with Gasteiger partial charge >= 0.3 is 0 Å². The summed E-state index contributed by atoms with van der Waals surface area (Å²) < 4.78 is 0.966. The van der Waals surface area contributed by atoms with Crippen LogP contribution in [0, 0.1) is 11.8 Å². The smallest absolute Gasteiger partial charge is 0.245 e. The third-order valence-electron chi connectivity index (χ3n) is 7.77. The second-order valence-corrected chi connectivity index (χ2v) is 12.8. The van der Waals surface area contributed by atoms with Crippen molar-refractivity contribution in [3.63, 3.8) is 0 Å². The lowest BCUT2D eigenvalue weighted by molar-refractivity contribution is -0.140. The van der Waals surface area contributed by atoms with Crippen LogP contribution in [0.4, 0.5) is 0 Å². The van der Waals surface area contributed by atoms with E-state index in [0.717, 1.165) is 23.9 Å². The number of nitrogens with zero attached hydrogens (tertiary/aromatic N) is 4. The molecule has 3 amide bonds. The van der Waals surface area contributed by atoms with Gasteiger partial charge in [-0.2, -0.15) is 0 Å². The van der Waals surface area contributed by atoms with Gasteiger partial charge in [0.2, 0.25) is 17.7 Å². The molecular formula is C25H33BrN6O4S. The molecule has 0 radical (unpaired) electrons. The summed E-state index contributed by atoms with van der Waals surface area (Å²) in [6, 6.07) is 6.85. The van der Waals surface area contributed by atoms with Crippen LogP contribution in [-0.4, -0.2) is 83.3 Å². The van der Waals surface area contributed by atoms with E-state index in [1.54, 1.807) is 21.3 Å². The van der Waals surface area contributed by atoms with Crippen molar-refractivity contribution in [1.29, 1.82) is 0 Å². The second kappa shape index (κ2) is 10.9. The number of unbranched alkanes of at least 4 members (excludes halogenated alkanes) is 2. The van der Waals surface area contributed by atoms with Crippen LogP contribution in [0.1, 0.15) is 39.0 Å². The molecule has 0 aliphatic carbocycles. The number of carbonyl (C=O) groups excluding carboxylic acids is 3. The summed E-state index contributed by atoms with van der Waals surface area (Å²) in [6.07, 6.45) is 3.55. The van der Waals surface area contributed by atoms with Crippen molar-refractivity contribution in [1.82, 2.24) is 30.5 Å². The number of halogens is 1. The first-order valence-corrected chi connectivity index (χ1v) is 14.8. The van der Waals surface area contributed by atoms with Crippen LogP contribution in [0.15, 0.2) is 24.3 Å². The highest BCUT2D eigenvalue weighted by Crippen LogP contribution is 2.67. The number of hydrogen-bond acceptors (Lipinski definition) is 7. The predicted octanol–water partition coefficient (Wildman–Crippen LogP) is 1.66. The molecule has 0 saturated carbocycles. The number of para-hydroxylation sites is 1. The zero-order valence-corrected chi connectivity index (χ0v) is 23.2. The molecule has 3 fully saturated rings. The SMILES string of the molecule is CCCNC(=O)[C@H]1[C@H]2C(=O)N(CCCCCO)C(C(=O)NCn3nnc4ccccc43)C23CC(Br)[C@@H]1S3. The molecule has 6 atom stereocenters. The topological polar surface area (TPSA) is 129 Å². The van der Waals surface area contributed by atoms with E-state index in [2.05, 4.69) is 36.9 Å². The van der Waals surface area contributed by atoms with Crippen molar-refractivity contribution in [2.45, 2.75) is 66.6 Å². The molecule has 2 bridgehead atoms. The van der Waals surface area contributed by atoms with Crippen LogP contribution < -0.4 is 10.6 Å². The minimum absolute atomic E-state index is 0.0443. The summed E-state index contributed by atoms with van der Waals surface area (Å²) in [4.78, 5) is 42.8. The molecule has 12 heteroatoms. The van der Waals surface area contributed by atoms with Gasteiger partial charge in [0.15, 0.2) is 0 Å². The maximum absolute atomic E-state index is 13.9. The van der Waals surface area contributed by atoms with Crippen molar-refractivity contribution in [3.8, 4) is 0 Å². The van der Waals surface area contributed by atoms with Crippen LogP contribution >= 0.6 is 27.7 Å². The van der Waals surface area contributed by atoms with E-state index in [1.165, 1.54) is 0 Å². The maximum Gasteiger partial charge on any atom is 0.245 e. The van der Waals surface area contributed by atoms with E-state index in [1.807, 2.05) is 31.2 Å². The largest absolute Gasteiger partial charge is 0.396 e. The maximum atomic E-state index is 13.9. The summed E-state index contributed by atoms with van der Waals surface area (Å²) in [5, 5.41) is 23.5. The van der Waals surface area contributed by atoms with Gasteiger partial charge in [-0.1, -0.05) is 40.2 Å². The fourth-order valence-corrected chi connectivity index (χ4v) is 9.80. The molecule has 10 nitrogen and oxygen atoms in total. The van der Waals surface area contributed by atoms with Crippen molar-refractivity contribution < 1.29 is 19.5 Å². The number of nitrogens with one attached hydrogen (secondary N) is 2. The zero-order chi connectivity index (χ0) is 26.2.